The summed E-state index contributed by atoms with van der Waals surface area (Å²) in [5.74, 6) is 0.394. The molecule has 122 valence electrons. The number of thiocarbonyl (C=S) groups is 1. The Labute approximate surface area is 148 Å². The first-order valence-electron chi connectivity index (χ1n) is 7.98. The summed E-state index contributed by atoms with van der Waals surface area (Å²) in [5, 5.41) is 0.497. The van der Waals surface area contributed by atoms with E-state index < -0.39 is 0 Å². The number of likely N-dealkylation sites (N-methyl/N-ethyl adjacent to an activating group) is 1. The minimum atomic E-state index is -0.0957. The third-order valence-corrected chi connectivity index (χ3v) is 4.64. The summed E-state index contributed by atoms with van der Waals surface area (Å²) >= 11 is 5.46. The Hall–Kier alpha value is -2.46. The maximum Gasteiger partial charge on any atom is 0.281 e. The monoisotopic (exact) mass is 336 g/mol. The van der Waals surface area contributed by atoms with Crippen LogP contribution in [0.4, 0.5) is 5.69 Å². The second kappa shape index (κ2) is 6.57. The molecule has 1 aliphatic heterocycles. The molecule has 0 N–H and O–H groups in total. The lowest BCUT2D eigenvalue weighted by atomic mass is 10.0. The van der Waals surface area contributed by atoms with Gasteiger partial charge in [0.15, 0.2) is 5.11 Å². The maximum atomic E-state index is 12.8. The highest BCUT2D eigenvalue weighted by atomic mass is 32.1. The van der Waals surface area contributed by atoms with Crippen molar-refractivity contribution in [3.63, 3.8) is 0 Å². The molecule has 0 radical (unpaired) electrons. The fourth-order valence-corrected chi connectivity index (χ4v) is 2.98. The summed E-state index contributed by atoms with van der Waals surface area (Å²) in [5.41, 5.74) is 3.65. The third-order valence-electron chi connectivity index (χ3n) is 4.18. The van der Waals surface area contributed by atoms with Gasteiger partial charge in [0.05, 0.1) is 5.69 Å². The molecule has 0 aromatic heterocycles. The molecule has 1 aliphatic rings. The van der Waals surface area contributed by atoms with E-state index >= 15 is 0 Å². The normalized spacial score (nSPS) is 16.6. The van der Waals surface area contributed by atoms with Crippen LogP contribution >= 0.6 is 12.2 Å². The molecule has 1 fully saturated rings. The van der Waals surface area contributed by atoms with Crippen LogP contribution in [0.5, 0.6) is 0 Å². The van der Waals surface area contributed by atoms with Crippen molar-refractivity contribution in [1.29, 1.82) is 0 Å². The zero-order chi connectivity index (χ0) is 17.3. The summed E-state index contributed by atoms with van der Waals surface area (Å²) < 4.78 is 0. The van der Waals surface area contributed by atoms with Gasteiger partial charge < -0.3 is 4.90 Å². The molecule has 0 saturated carbocycles. The number of para-hydroxylation sites is 1. The second-order valence-corrected chi connectivity index (χ2v) is 6.53. The number of rotatable bonds is 3. The van der Waals surface area contributed by atoms with E-state index in [1.54, 1.807) is 9.80 Å². The van der Waals surface area contributed by atoms with E-state index in [0.29, 0.717) is 16.7 Å². The van der Waals surface area contributed by atoms with E-state index in [-0.39, 0.29) is 5.91 Å². The van der Waals surface area contributed by atoms with Crippen LogP contribution < -0.4 is 4.90 Å². The van der Waals surface area contributed by atoms with Gasteiger partial charge in [0.1, 0.15) is 5.70 Å². The van der Waals surface area contributed by atoms with Gasteiger partial charge in [0.25, 0.3) is 5.91 Å². The first-order valence-corrected chi connectivity index (χ1v) is 8.38. The van der Waals surface area contributed by atoms with Gasteiger partial charge in [-0.2, -0.15) is 0 Å². The molecule has 0 atom stereocenters. The predicted molar refractivity (Wildman–Crippen MR) is 103 cm³/mol. The Balaban J connectivity index is 1.93. The molecule has 3 nitrogen and oxygen atoms in total. The van der Waals surface area contributed by atoms with E-state index in [9.17, 15) is 4.79 Å². The highest BCUT2D eigenvalue weighted by Crippen LogP contribution is 2.28. The van der Waals surface area contributed by atoms with Crippen LogP contribution in [0.1, 0.15) is 30.9 Å². The number of carbonyl (C=O) groups excluding carboxylic acids is 1. The van der Waals surface area contributed by atoms with Crippen LogP contribution in [0.25, 0.3) is 6.08 Å². The van der Waals surface area contributed by atoms with Crippen LogP contribution in [0.3, 0.4) is 0 Å². The predicted octanol–water partition coefficient (Wildman–Crippen LogP) is 4.41. The van der Waals surface area contributed by atoms with Crippen molar-refractivity contribution in [2.45, 2.75) is 19.8 Å². The Morgan fingerprint density at radius 2 is 1.62 bits per heavy atom. The molecule has 1 heterocycles. The Kier molecular flexibility index (Phi) is 4.49. The molecule has 2 aromatic carbocycles. The molecule has 0 aliphatic carbocycles. The first-order chi connectivity index (χ1) is 11.5. The average Bonchev–Trinajstić information content (AvgIpc) is 2.80. The number of benzene rings is 2. The Morgan fingerprint density at radius 3 is 2.21 bits per heavy atom. The van der Waals surface area contributed by atoms with E-state index in [4.69, 9.17) is 12.2 Å². The van der Waals surface area contributed by atoms with Crippen molar-refractivity contribution in [2.75, 3.05) is 11.9 Å². The molecule has 2 aromatic rings. The van der Waals surface area contributed by atoms with Gasteiger partial charge in [0.2, 0.25) is 0 Å². The van der Waals surface area contributed by atoms with Crippen LogP contribution in [-0.4, -0.2) is 23.0 Å². The number of amides is 1. The minimum absolute atomic E-state index is 0.0957. The fraction of sp³-hybridized carbons (Fsp3) is 0.200. The summed E-state index contributed by atoms with van der Waals surface area (Å²) in [6.07, 6.45) is 1.89. The zero-order valence-corrected chi connectivity index (χ0v) is 14.9. The van der Waals surface area contributed by atoms with Gasteiger partial charge in [-0.1, -0.05) is 56.3 Å². The van der Waals surface area contributed by atoms with Gasteiger partial charge in [-0.25, -0.2) is 0 Å². The largest absolute Gasteiger partial charge is 0.317 e. The van der Waals surface area contributed by atoms with E-state index in [1.807, 2.05) is 55.6 Å². The molecule has 0 unspecified atom stereocenters. The van der Waals surface area contributed by atoms with Crippen LogP contribution in [-0.2, 0) is 4.79 Å². The highest BCUT2D eigenvalue weighted by molar-refractivity contribution is 7.80. The van der Waals surface area contributed by atoms with Crippen molar-refractivity contribution >= 4 is 35.0 Å². The zero-order valence-electron chi connectivity index (χ0n) is 14.1. The van der Waals surface area contributed by atoms with Crippen molar-refractivity contribution in [3.05, 3.63) is 71.4 Å². The quantitative estimate of drug-likeness (QED) is 0.612. The van der Waals surface area contributed by atoms with Gasteiger partial charge in [-0.05, 0) is 47.5 Å². The smallest absolute Gasteiger partial charge is 0.281 e. The van der Waals surface area contributed by atoms with Crippen molar-refractivity contribution in [3.8, 4) is 0 Å². The van der Waals surface area contributed by atoms with Crippen LogP contribution in [0.15, 0.2) is 60.3 Å². The molecule has 0 bridgehead atoms. The second-order valence-electron chi connectivity index (χ2n) is 6.17. The van der Waals surface area contributed by atoms with Crippen LogP contribution in [0, 0.1) is 0 Å². The van der Waals surface area contributed by atoms with Gasteiger partial charge >= 0.3 is 0 Å². The van der Waals surface area contributed by atoms with E-state index in [0.717, 1.165) is 11.3 Å². The van der Waals surface area contributed by atoms with Gasteiger partial charge in [0, 0.05) is 7.05 Å². The van der Waals surface area contributed by atoms with Crippen molar-refractivity contribution in [1.82, 2.24) is 4.90 Å². The van der Waals surface area contributed by atoms with Crippen molar-refractivity contribution in [2.24, 2.45) is 0 Å². The average molecular weight is 336 g/mol. The van der Waals surface area contributed by atoms with E-state index in [1.165, 1.54) is 5.56 Å². The number of anilines is 1. The minimum Gasteiger partial charge on any atom is -0.317 e. The standard InChI is InChI=1S/C20H20N2OS/c1-14(2)16-11-9-15(10-12-16)13-18-19(23)22(20(24)21(18)3)17-7-5-4-6-8-17/h4-14H,1-3H3/b18-13-. The lowest BCUT2D eigenvalue weighted by Gasteiger charge is -2.16. The Bertz CT molecular complexity index is 794. The number of nitrogens with zero attached hydrogens (tertiary/aromatic N) is 2. The fourth-order valence-electron chi connectivity index (χ4n) is 2.70. The summed E-state index contributed by atoms with van der Waals surface area (Å²) in [7, 11) is 1.83. The maximum absolute atomic E-state index is 12.8. The molecular formula is C20H20N2OS. The number of hydrogen-bond acceptors (Lipinski definition) is 2. The van der Waals surface area contributed by atoms with Crippen LogP contribution in [0.2, 0.25) is 0 Å². The lowest BCUT2D eigenvalue weighted by molar-refractivity contribution is -0.114. The molecule has 1 amide bonds. The summed E-state index contributed by atoms with van der Waals surface area (Å²) in [4.78, 5) is 16.2. The number of carbonyl (C=O) groups is 1. The SMILES string of the molecule is CC(C)c1ccc(/C=C2/C(=O)N(c3ccccc3)C(=S)N2C)cc1. The molecule has 1 saturated heterocycles. The van der Waals surface area contributed by atoms with Crippen molar-refractivity contribution < 1.29 is 4.79 Å². The topological polar surface area (TPSA) is 23.6 Å². The molecule has 24 heavy (non-hydrogen) atoms. The van der Waals surface area contributed by atoms with Gasteiger partial charge in [-0.15, -0.1) is 0 Å². The third kappa shape index (κ3) is 2.97. The summed E-state index contributed by atoms with van der Waals surface area (Å²) in [6, 6.07) is 17.8. The van der Waals surface area contributed by atoms with E-state index in [2.05, 4.69) is 26.0 Å². The number of hydrogen-bond donors (Lipinski definition) is 0. The molecule has 3 rings (SSSR count). The highest BCUT2D eigenvalue weighted by Gasteiger charge is 2.36. The molecular weight excluding hydrogens is 316 g/mol. The Morgan fingerprint density at radius 1 is 1.00 bits per heavy atom. The lowest BCUT2D eigenvalue weighted by Crippen LogP contribution is -2.30. The summed E-state index contributed by atoms with van der Waals surface area (Å²) in [6.45, 7) is 4.33. The van der Waals surface area contributed by atoms with Gasteiger partial charge in [-0.3, -0.25) is 9.69 Å². The molecule has 4 heteroatoms. The molecule has 0 spiro atoms. The first kappa shape index (κ1) is 16.4.